The Bertz CT molecular complexity index is 2110. The average Bonchev–Trinajstić information content (AvgIpc) is 3.59. The monoisotopic (exact) mass is 826 g/mol. The molecule has 0 aliphatic carbocycles. The van der Waals surface area contributed by atoms with Crippen LogP contribution in [0.5, 0.6) is 0 Å². The maximum Gasteiger partial charge on any atom is 0.320 e. The van der Waals surface area contributed by atoms with E-state index in [1.54, 1.807) is 30.1 Å². The van der Waals surface area contributed by atoms with Gasteiger partial charge in [-0.25, -0.2) is 14.2 Å². The van der Waals surface area contributed by atoms with E-state index in [0.29, 0.717) is 68.1 Å². The molecule has 5 aliphatic heterocycles. The molecule has 0 bridgehead atoms. The summed E-state index contributed by atoms with van der Waals surface area (Å²) in [5.41, 5.74) is 6.71. The number of pyridine rings is 1. The van der Waals surface area contributed by atoms with E-state index in [0.717, 1.165) is 64.2 Å². The zero-order valence-electron chi connectivity index (χ0n) is 33.7. The van der Waals surface area contributed by atoms with Crippen molar-refractivity contribution in [3.8, 4) is 0 Å². The molecular weight excluding hydrogens is 776 g/mol. The first kappa shape index (κ1) is 40.6. The minimum Gasteiger partial charge on any atom is -0.367 e. The van der Waals surface area contributed by atoms with Crippen molar-refractivity contribution in [1.82, 2.24) is 45.5 Å². The number of benzene rings is 1. The van der Waals surface area contributed by atoms with Crippen LogP contribution >= 0.6 is 0 Å². The molecular formula is C40H51FN14O5. The number of piperazine rings is 1. The van der Waals surface area contributed by atoms with Crippen molar-refractivity contribution in [2.75, 3.05) is 99.1 Å². The van der Waals surface area contributed by atoms with Gasteiger partial charge in [0.1, 0.15) is 17.7 Å². The molecule has 5 N–H and O–H groups in total. The van der Waals surface area contributed by atoms with E-state index in [9.17, 15) is 24.0 Å². The highest BCUT2D eigenvalue weighted by molar-refractivity contribution is 6.03. The fourth-order valence-corrected chi connectivity index (χ4v) is 8.74. The maximum absolute atomic E-state index is 15.7. The Morgan fingerprint density at radius 2 is 1.70 bits per heavy atom. The first-order valence-electron chi connectivity index (χ1n) is 20.7. The molecule has 20 heteroatoms. The van der Waals surface area contributed by atoms with Gasteiger partial charge in [-0.05, 0) is 68.4 Å². The number of nitrogens with zero attached hydrogens (tertiary/aromatic N) is 10. The van der Waals surface area contributed by atoms with Gasteiger partial charge in [0.25, 0.3) is 11.8 Å². The molecule has 2 atom stereocenters. The number of urea groups is 1. The summed E-state index contributed by atoms with van der Waals surface area (Å²) in [6.45, 7) is 8.16. The van der Waals surface area contributed by atoms with Crippen molar-refractivity contribution in [3.63, 3.8) is 0 Å². The van der Waals surface area contributed by atoms with Gasteiger partial charge in [-0.3, -0.25) is 29.4 Å². The van der Waals surface area contributed by atoms with Gasteiger partial charge in [0, 0.05) is 97.3 Å². The smallest absolute Gasteiger partial charge is 0.320 e. The molecule has 5 fully saturated rings. The Hall–Kier alpha value is -6.18. The largest absolute Gasteiger partial charge is 0.367 e. The van der Waals surface area contributed by atoms with Crippen LogP contribution < -0.4 is 36.4 Å². The topological polar surface area (TPSA) is 218 Å². The number of amides is 6. The van der Waals surface area contributed by atoms with Crippen molar-refractivity contribution in [1.29, 1.82) is 0 Å². The van der Waals surface area contributed by atoms with Crippen LogP contribution in [0.3, 0.4) is 0 Å². The molecule has 1 aromatic carbocycles. The van der Waals surface area contributed by atoms with Gasteiger partial charge in [-0.2, -0.15) is 4.98 Å². The number of piperidine rings is 3. The minimum atomic E-state index is -0.813. The first-order chi connectivity index (χ1) is 29.0. The summed E-state index contributed by atoms with van der Waals surface area (Å²) in [4.78, 5) is 82.4. The Kier molecular flexibility index (Phi) is 11.9. The molecule has 0 radical (unpaired) electrons. The number of halogens is 1. The van der Waals surface area contributed by atoms with E-state index < -0.39 is 29.6 Å². The SMILES string of the molecule is CN1CCN([C@@H]2CCCN(c3nnc(C(N)=O)c(Nc4ccc(N5CCN(CC6CCN(c7ccc(C(=O)NC8CCC(=O)NC8=O)cn7)CC6)CC5)c(F)c4)n3)C2)C1=O. The minimum absolute atomic E-state index is 0.00383. The zero-order chi connectivity index (χ0) is 41.9. The van der Waals surface area contributed by atoms with Crippen LogP contribution in [0.25, 0.3) is 0 Å². The summed E-state index contributed by atoms with van der Waals surface area (Å²) in [6, 6.07) is 7.66. The van der Waals surface area contributed by atoms with Gasteiger partial charge in [-0.15, -0.1) is 10.2 Å². The summed E-state index contributed by atoms with van der Waals surface area (Å²) in [7, 11) is 1.80. The number of nitrogens with one attached hydrogen (secondary N) is 3. The van der Waals surface area contributed by atoms with Crippen LogP contribution in [-0.4, -0.2) is 156 Å². The van der Waals surface area contributed by atoms with Crippen LogP contribution in [0, 0.1) is 11.7 Å². The first-order valence-corrected chi connectivity index (χ1v) is 20.7. The second-order valence-corrected chi connectivity index (χ2v) is 16.2. The molecule has 0 spiro atoms. The molecule has 6 amide bonds. The molecule has 5 saturated heterocycles. The number of imide groups is 1. The van der Waals surface area contributed by atoms with Gasteiger partial charge in [-0.1, -0.05) is 0 Å². The highest BCUT2D eigenvalue weighted by Gasteiger charge is 2.35. The van der Waals surface area contributed by atoms with E-state index in [-0.39, 0.29) is 42.3 Å². The van der Waals surface area contributed by atoms with Crippen molar-refractivity contribution in [2.24, 2.45) is 11.7 Å². The lowest BCUT2D eigenvalue weighted by atomic mass is 9.96. The normalized spacial score (nSPS) is 22.0. The number of likely N-dealkylation sites (N-methyl/N-ethyl adjacent to an activating group) is 1. The highest BCUT2D eigenvalue weighted by atomic mass is 19.1. The van der Waals surface area contributed by atoms with Gasteiger partial charge in [0.2, 0.25) is 17.8 Å². The van der Waals surface area contributed by atoms with E-state index >= 15 is 4.39 Å². The number of nitrogens with two attached hydrogens (primary N) is 1. The number of carbonyl (C=O) groups is 5. The number of carbonyl (C=O) groups excluding carboxylic acids is 5. The van der Waals surface area contributed by atoms with Crippen LogP contribution in [0.1, 0.15) is 59.4 Å². The average molecular weight is 827 g/mol. The number of rotatable bonds is 11. The lowest BCUT2D eigenvalue weighted by Gasteiger charge is -2.40. The Balaban J connectivity index is 0.805. The van der Waals surface area contributed by atoms with Gasteiger partial charge < -0.3 is 40.9 Å². The lowest BCUT2D eigenvalue weighted by Crippen LogP contribution is -2.52. The summed E-state index contributed by atoms with van der Waals surface area (Å²) in [5.74, 6) is -0.749. The van der Waals surface area contributed by atoms with Crippen molar-refractivity contribution in [2.45, 2.75) is 50.6 Å². The Labute approximate surface area is 346 Å². The van der Waals surface area contributed by atoms with E-state index in [2.05, 4.69) is 45.9 Å². The number of hydrogen-bond acceptors (Lipinski definition) is 14. The second-order valence-electron chi connectivity index (χ2n) is 16.2. The lowest BCUT2D eigenvalue weighted by molar-refractivity contribution is -0.134. The van der Waals surface area contributed by atoms with E-state index in [1.807, 2.05) is 20.8 Å². The molecule has 60 heavy (non-hydrogen) atoms. The third-order valence-corrected chi connectivity index (χ3v) is 12.2. The van der Waals surface area contributed by atoms with Crippen LogP contribution in [0.2, 0.25) is 0 Å². The molecule has 5 aliphatic rings. The van der Waals surface area contributed by atoms with Crippen molar-refractivity contribution >= 4 is 58.6 Å². The summed E-state index contributed by atoms with van der Waals surface area (Å²) >= 11 is 0. The molecule has 2 aromatic heterocycles. The molecule has 7 heterocycles. The van der Waals surface area contributed by atoms with Crippen molar-refractivity contribution in [3.05, 3.63) is 53.6 Å². The fraction of sp³-hybridized carbons (Fsp3) is 0.525. The third kappa shape index (κ3) is 9.02. The fourth-order valence-electron chi connectivity index (χ4n) is 8.74. The standard InChI is InChI=1S/C40H51FN14O5/c1-50-15-20-55(40(50)60)28-3-2-12-54(24-28)39-47-36(34(35(42)57)48-49-39)44-27-5-7-31(29(41)21-27)52-18-16-51(17-19-52)23-25-10-13-53(14-11-25)32-8-4-26(22-43-32)37(58)45-30-6-9-33(56)46-38(30)59/h4-5,7-8,21-22,25,28,30H,2-3,6,9-20,23-24H2,1H3,(H2,42,57)(H,45,58)(H,44,47,49)(H,46,56,59)/t28-,30?/m1/s1. The van der Waals surface area contributed by atoms with Crippen LogP contribution in [0.15, 0.2) is 36.5 Å². The number of aromatic nitrogens is 4. The summed E-state index contributed by atoms with van der Waals surface area (Å²) in [5, 5.41) is 16.3. The van der Waals surface area contributed by atoms with Crippen LogP contribution in [-0.2, 0) is 9.59 Å². The maximum atomic E-state index is 15.7. The Morgan fingerprint density at radius 1 is 0.900 bits per heavy atom. The quantitative estimate of drug-likeness (QED) is 0.200. The van der Waals surface area contributed by atoms with Gasteiger partial charge in [0.05, 0.1) is 17.3 Å². The highest BCUT2D eigenvalue weighted by Crippen LogP contribution is 2.29. The van der Waals surface area contributed by atoms with Gasteiger partial charge in [0.15, 0.2) is 11.5 Å². The predicted molar refractivity (Wildman–Crippen MR) is 219 cm³/mol. The van der Waals surface area contributed by atoms with Crippen molar-refractivity contribution < 1.29 is 28.4 Å². The molecule has 19 nitrogen and oxygen atoms in total. The zero-order valence-corrected chi connectivity index (χ0v) is 33.7. The third-order valence-electron chi connectivity index (χ3n) is 12.2. The Morgan fingerprint density at radius 3 is 2.38 bits per heavy atom. The van der Waals surface area contributed by atoms with E-state index in [4.69, 9.17) is 5.73 Å². The van der Waals surface area contributed by atoms with Gasteiger partial charge >= 0.3 is 6.03 Å². The van der Waals surface area contributed by atoms with Crippen LogP contribution in [0.4, 0.5) is 38.1 Å². The molecule has 318 valence electrons. The molecule has 0 saturated carbocycles. The molecule has 3 aromatic rings. The van der Waals surface area contributed by atoms with E-state index in [1.165, 1.54) is 12.3 Å². The number of primary amides is 1. The molecule has 1 unspecified atom stereocenters. The summed E-state index contributed by atoms with van der Waals surface area (Å²) < 4.78 is 15.7. The summed E-state index contributed by atoms with van der Waals surface area (Å²) in [6.07, 6.45) is 5.68. The number of hydrogen-bond donors (Lipinski definition) is 4. The number of anilines is 5. The molecule has 8 rings (SSSR count). The second kappa shape index (κ2) is 17.6. The predicted octanol–water partition coefficient (Wildman–Crippen LogP) is 1.16.